The summed E-state index contributed by atoms with van der Waals surface area (Å²) in [6, 6.07) is 17.7. The van der Waals surface area contributed by atoms with Crippen molar-refractivity contribution in [3.05, 3.63) is 101 Å². The van der Waals surface area contributed by atoms with Crippen LogP contribution in [0.1, 0.15) is 35.1 Å². The standard InChI is InChI=1S/C35H30F2N6O4.ClH/c1-47-32-8-7-22(16-31(32)44)28-20-41-35(27(18-39)34(28)23-5-6-24(17-38)30(37)15-23)43-12-10-26(11-13-43)40-19-25-4-2-21(14-29(25)36)3-9-33(45)42-46;/h2-9,14-16,20,26,40,44,46H,10-13,19H2,1H3,(H,42,45);1H/b9-3+;. The van der Waals surface area contributed by atoms with Crippen molar-refractivity contribution >= 4 is 30.2 Å². The molecule has 1 aliphatic rings. The van der Waals surface area contributed by atoms with Crippen LogP contribution < -0.4 is 20.4 Å². The number of amides is 1. The molecule has 2 heterocycles. The quantitative estimate of drug-likeness (QED) is 0.0974. The molecular formula is C35H31ClF2N6O4. The van der Waals surface area contributed by atoms with Crippen molar-refractivity contribution in [2.24, 2.45) is 0 Å². The van der Waals surface area contributed by atoms with Crippen molar-refractivity contribution in [3.8, 4) is 45.9 Å². The summed E-state index contributed by atoms with van der Waals surface area (Å²) in [5.41, 5.74) is 4.33. The van der Waals surface area contributed by atoms with Crippen LogP contribution in [0.5, 0.6) is 11.5 Å². The summed E-state index contributed by atoms with van der Waals surface area (Å²) in [4.78, 5) is 17.8. The zero-order chi connectivity index (χ0) is 33.5. The van der Waals surface area contributed by atoms with Crippen molar-refractivity contribution in [2.75, 3.05) is 25.1 Å². The molecule has 48 heavy (non-hydrogen) atoms. The van der Waals surface area contributed by atoms with Gasteiger partial charge in [0.2, 0.25) is 0 Å². The van der Waals surface area contributed by atoms with E-state index in [1.54, 1.807) is 36.5 Å². The molecule has 1 saturated heterocycles. The summed E-state index contributed by atoms with van der Waals surface area (Å²) in [5, 5.41) is 42.1. The van der Waals surface area contributed by atoms with Crippen LogP contribution in [-0.2, 0) is 11.3 Å². The number of hydroxylamine groups is 1. The Morgan fingerprint density at radius 1 is 1.06 bits per heavy atom. The molecule has 4 N–H and O–H groups in total. The van der Waals surface area contributed by atoms with Gasteiger partial charge in [-0.05, 0) is 65.9 Å². The second-order valence-electron chi connectivity index (χ2n) is 10.9. The summed E-state index contributed by atoms with van der Waals surface area (Å²) < 4.78 is 34.7. The fraction of sp³-hybridized carbons (Fsp3) is 0.200. The third kappa shape index (κ3) is 7.70. The van der Waals surface area contributed by atoms with Crippen LogP contribution in [-0.4, -0.2) is 47.4 Å². The minimum atomic E-state index is -0.723. The number of anilines is 1. The molecule has 1 aromatic heterocycles. The van der Waals surface area contributed by atoms with Gasteiger partial charge in [0.1, 0.15) is 35.2 Å². The Kier molecular flexibility index (Phi) is 11.7. The zero-order valence-corrected chi connectivity index (χ0v) is 26.5. The van der Waals surface area contributed by atoms with Gasteiger partial charge in [-0.1, -0.05) is 24.3 Å². The number of hydrogen-bond donors (Lipinski definition) is 4. The van der Waals surface area contributed by atoms with Crippen molar-refractivity contribution in [3.63, 3.8) is 0 Å². The minimum absolute atomic E-state index is 0. The number of carbonyl (C=O) groups excluding carboxylic acids is 1. The zero-order valence-electron chi connectivity index (χ0n) is 25.7. The maximum Gasteiger partial charge on any atom is 0.267 e. The summed E-state index contributed by atoms with van der Waals surface area (Å²) in [6.07, 6.45) is 5.43. The van der Waals surface area contributed by atoms with Crippen molar-refractivity contribution < 1.29 is 28.6 Å². The first-order valence-corrected chi connectivity index (χ1v) is 14.7. The summed E-state index contributed by atoms with van der Waals surface area (Å²) in [7, 11) is 1.43. The Balaban J connectivity index is 0.00000520. The molecule has 1 amide bonds. The molecule has 4 aromatic rings. The van der Waals surface area contributed by atoms with E-state index in [0.29, 0.717) is 65.1 Å². The number of rotatable bonds is 9. The average molecular weight is 673 g/mol. The maximum atomic E-state index is 14.8. The second kappa shape index (κ2) is 15.8. The molecule has 3 aromatic carbocycles. The van der Waals surface area contributed by atoms with Crippen LogP contribution in [0.2, 0.25) is 0 Å². The van der Waals surface area contributed by atoms with Crippen LogP contribution in [0.3, 0.4) is 0 Å². The lowest BCUT2D eigenvalue weighted by molar-refractivity contribution is -0.124. The van der Waals surface area contributed by atoms with E-state index in [4.69, 9.17) is 9.94 Å². The molecule has 1 fully saturated rings. The van der Waals surface area contributed by atoms with Gasteiger partial charge in [0.15, 0.2) is 11.5 Å². The number of nitriles is 2. The van der Waals surface area contributed by atoms with Gasteiger partial charge in [-0.3, -0.25) is 10.0 Å². The molecule has 0 bridgehead atoms. The summed E-state index contributed by atoms with van der Waals surface area (Å²) in [6.45, 7) is 1.38. The summed E-state index contributed by atoms with van der Waals surface area (Å²) >= 11 is 0. The lowest BCUT2D eigenvalue weighted by Crippen LogP contribution is -2.43. The molecule has 10 nitrogen and oxygen atoms in total. The molecule has 0 spiro atoms. The number of phenolic OH excluding ortho intramolecular Hbond substituents is 1. The maximum absolute atomic E-state index is 14.8. The number of benzene rings is 3. The third-order valence-electron chi connectivity index (χ3n) is 8.03. The molecular weight excluding hydrogens is 642 g/mol. The van der Waals surface area contributed by atoms with Crippen LogP contribution in [0, 0.1) is 34.3 Å². The highest BCUT2D eigenvalue weighted by atomic mass is 35.5. The van der Waals surface area contributed by atoms with Gasteiger partial charge in [0, 0.05) is 54.6 Å². The highest BCUT2D eigenvalue weighted by Crippen LogP contribution is 2.41. The predicted molar refractivity (Wildman–Crippen MR) is 177 cm³/mol. The Bertz CT molecular complexity index is 1930. The van der Waals surface area contributed by atoms with E-state index in [-0.39, 0.29) is 47.6 Å². The molecule has 0 saturated carbocycles. The Hall–Kier alpha value is -5.53. The van der Waals surface area contributed by atoms with Crippen molar-refractivity contribution in [1.82, 2.24) is 15.8 Å². The molecule has 5 rings (SSSR count). The Labute approximate surface area is 281 Å². The monoisotopic (exact) mass is 672 g/mol. The number of aromatic nitrogens is 1. The van der Waals surface area contributed by atoms with Crippen LogP contribution in [0.25, 0.3) is 28.3 Å². The van der Waals surface area contributed by atoms with E-state index in [0.717, 1.165) is 6.08 Å². The van der Waals surface area contributed by atoms with Gasteiger partial charge in [0.25, 0.3) is 5.91 Å². The van der Waals surface area contributed by atoms with Crippen LogP contribution in [0.15, 0.2) is 66.9 Å². The number of pyridine rings is 1. The number of hydrogen-bond acceptors (Lipinski definition) is 9. The SMILES string of the molecule is COc1ccc(-c2cnc(N3CCC(NCc4ccc(/C=C/C(=O)NO)cc4F)CC3)c(C#N)c2-c2ccc(C#N)c(F)c2)cc1O.Cl. The number of phenols is 1. The van der Waals surface area contributed by atoms with Gasteiger partial charge in [-0.15, -0.1) is 12.4 Å². The first-order chi connectivity index (χ1) is 22.8. The third-order valence-corrected chi connectivity index (χ3v) is 8.03. The lowest BCUT2D eigenvalue weighted by atomic mass is 9.91. The van der Waals surface area contributed by atoms with Gasteiger partial charge in [-0.25, -0.2) is 19.2 Å². The number of nitrogens with one attached hydrogen (secondary N) is 2. The van der Waals surface area contributed by atoms with Crippen molar-refractivity contribution in [2.45, 2.75) is 25.4 Å². The number of methoxy groups -OCH3 is 1. The fourth-order valence-electron chi connectivity index (χ4n) is 5.55. The second-order valence-corrected chi connectivity index (χ2v) is 10.9. The van der Waals surface area contributed by atoms with Crippen LogP contribution in [0.4, 0.5) is 14.6 Å². The smallest absolute Gasteiger partial charge is 0.267 e. The fourth-order valence-corrected chi connectivity index (χ4v) is 5.55. The average Bonchev–Trinajstić information content (AvgIpc) is 3.09. The van der Waals surface area contributed by atoms with Crippen LogP contribution >= 0.6 is 12.4 Å². The number of halogens is 3. The Morgan fingerprint density at radius 2 is 1.81 bits per heavy atom. The number of piperidine rings is 1. The number of carbonyl (C=O) groups is 1. The number of aromatic hydroxyl groups is 1. The molecule has 1 aliphatic heterocycles. The summed E-state index contributed by atoms with van der Waals surface area (Å²) in [5.74, 6) is -1.29. The molecule has 0 radical (unpaired) electrons. The van der Waals surface area contributed by atoms with Crippen molar-refractivity contribution in [1.29, 1.82) is 10.5 Å². The highest BCUT2D eigenvalue weighted by molar-refractivity contribution is 5.91. The van der Waals surface area contributed by atoms with E-state index in [2.05, 4.69) is 16.4 Å². The number of ether oxygens (including phenoxy) is 1. The predicted octanol–water partition coefficient (Wildman–Crippen LogP) is 5.85. The van der Waals surface area contributed by atoms with E-state index >= 15 is 0 Å². The first-order valence-electron chi connectivity index (χ1n) is 14.7. The Morgan fingerprint density at radius 3 is 2.44 bits per heavy atom. The highest BCUT2D eigenvalue weighted by Gasteiger charge is 2.26. The van der Waals surface area contributed by atoms with E-state index < -0.39 is 17.5 Å². The van der Waals surface area contributed by atoms with E-state index in [1.165, 1.54) is 42.9 Å². The largest absolute Gasteiger partial charge is 0.504 e. The van der Waals surface area contributed by atoms with E-state index in [1.807, 2.05) is 11.0 Å². The topological polar surface area (TPSA) is 155 Å². The molecule has 13 heteroatoms. The lowest BCUT2D eigenvalue weighted by Gasteiger charge is -2.34. The minimum Gasteiger partial charge on any atom is -0.504 e. The molecule has 246 valence electrons. The molecule has 0 aliphatic carbocycles. The first kappa shape index (κ1) is 35.3. The van der Waals surface area contributed by atoms with Gasteiger partial charge < -0.3 is 20.1 Å². The molecule has 0 unspecified atom stereocenters. The van der Waals surface area contributed by atoms with Gasteiger partial charge in [-0.2, -0.15) is 10.5 Å². The van der Waals surface area contributed by atoms with Gasteiger partial charge in [0.05, 0.1) is 12.7 Å². The van der Waals surface area contributed by atoms with Gasteiger partial charge >= 0.3 is 0 Å². The molecule has 0 atom stereocenters. The van der Waals surface area contributed by atoms with E-state index in [9.17, 15) is 29.2 Å². The normalized spacial score (nSPS) is 13.0. The number of nitrogens with zero attached hydrogens (tertiary/aromatic N) is 4.